The summed E-state index contributed by atoms with van der Waals surface area (Å²) in [5.41, 5.74) is 4.67. The first-order chi connectivity index (χ1) is 6.74. The maximum atomic E-state index is 3.43. The third-order valence-corrected chi connectivity index (χ3v) is 1.93. The van der Waals surface area contributed by atoms with E-state index in [4.69, 9.17) is 0 Å². The number of nitrogens with zero attached hydrogens (tertiary/aromatic N) is 1. The summed E-state index contributed by atoms with van der Waals surface area (Å²) in [7, 11) is 0. The zero-order valence-corrected chi connectivity index (χ0v) is 9.33. The highest BCUT2D eigenvalue weighted by molar-refractivity contribution is 5.44. The Hall–Kier alpha value is -1.02. The summed E-state index contributed by atoms with van der Waals surface area (Å²) in [6, 6.07) is 10.9. The normalized spacial score (nSPS) is 10.6. The second-order valence-corrected chi connectivity index (χ2v) is 3.77. The minimum atomic E-state index is 0.474. The monoisotopic (exact) mass is 192 g/mol. The molecule has 0 unspecified atom stereocenters. The first-order valence-corrected chi connectivity index (χ1v) is 5.32. The molecule has 0 amide bonds. The highest BCUT2D eigenvalue weighted by atomic mass is 15.5. The lowest BCUT2D eigenvalue weighted by Gasteiger charge is -2.27. The molecule has 0 aliphatic rings. The van der Waals surface area contributed by atoms with Crippen LogP contribution in [0.3, 0.4) is 0 Å². The van der Waals surface area contributed by atoms with Crippen LogP contribution in [0.1, 0.15) is 27.2 Å². The molecular weight excluding hydrogens is 172 g/mol. The Morgan fingerprint density at radius 1 is 1.21 bits per heavy atom. The van der Waals surface area contributed by atoms with E-state index in [-0.39, 0.29) is 0 Å². The minimum absolute atomic E-state index is 0.474. The minimum Gasteiger partial charge on any atom is -0.308 e. The maximum absolute atomic E-state index is 3.43. The Balaban J connectivity index is 2.67. The summed E-state index contributed by atoms with van der Waals surface area (Å²) in [4.78, 5) is 0. The van der Waals surface area contributed by atoms with Crippen LogP contribution in [0, 0.1) is 0 Å². The molecule has 2 heteroatoms. The largest absolute Gasteiger partial charge is 0.308 e. The van der Waals surface area contributed by atoms with Gasteiger partial charge in [0.2, 0.25) is 0 Å². The van der Waals surface area contributed by atoms with Gasteiger partial charge in [-0.2, -0.15) is 0 Å². The molecule has 1 rings (SSSR count). The molecule has 0 saturated heterocycles. The second kappa shape index (κ2) is 5.66. The second-order valence-electron chi connectivity index (χ2n) is 3.77. The van der Waals surface area contributed by atoms with Gasteiger partial charge in [-0.25, -0.2) is 5.43 Å². The van der Waals surface area contributed by atoms with Crippen molar-refractivity contribution in [3.8, 4) is 0 Å². The van der Waals surface area contributed by atoms with Crippen LogP contribution < -0.4 is 10.4 Å². The highest BCUT2D eigenvalue weighted by Gasteiger charge is 2.04. The summed E-state index contributed by atoms with van der Waals surface area (Å²) in [5.74, 6) is 0. The SMILES string of the molecule is CCCN(NC(C)C)c1ccccc1. The van der Waals surface area contributed by atoms with Crippen LogP contribution in [0.5, 0.6) is 0 Å². The predicted octanol–water partition coefficient (Wildman–Crippen LogP) is 2.82. The molecule has 0 saturated carbocycles. The molecule has 0 radical (unpaired) electrons. The Labute approximate surface area is 86.9 Å². The number of benzene rings is 1. The van der Waals surface area contributed by atoms with Gasteiger partial charge in [-0.05, 0) is 32.4 Å². The van der Waals surface area contributed by atoms with Crippen molar-refractivity contribution in [3.05, 3.63) is 30.3 Å². The van der Waals surface area contributed by atoms with Crippen LogP contribution >= 0.6 is 0 Å². The zero-order valence-electron chi connectivity index (χ0n) is 9.33. The number of hydrazine groups is 1. The molecular formula is C12H20N2. The van der Waals surface area contributed by atoms with Gasteiger partial charge in [0.15, 0.2) is 0 Å². The van der Waals surface area contributed by atoms with Gasteiger partial charge in [0.05, 0.1) is 5.69 Å². The first kappa shape index (κ1) is 11.1. The molecule has 1 N–H and O–H groups in total. The summed E-state index contributed by atoms with van der Waals surface area (Å²) >= 11 is 0. The molecule has 2 nitrogen and oxygen atoms in total. The van der Waals surface area contributed by atoms with Crippen LogP contribution in [0.15, 0.2) is 30.3 Å². The molecule has 1 aromatic rings. The van der Waals surface area contributed by atoms with Crippen molar-refractivity contribution in [2.45, 2.75) is 33.2 Å². The van der Waals surface area contributed by atoms with Gasteiger partial charge in [-0.3, -0.25) is 0 Å². The Morgan fingerprint density at radius 2 is 1.86 bits per heavy atom. The number of hydrogen-bond donors (Lipinski definition) is 1. The van der Waals surface area contributed by atoms with E-state index in [9.17, 15) is 0 Å². The summed E-state index contributed by atoms with van der Waals surface area (Å²) in [5, 5.41) is 2.21. The van der Waals surface area contributed by atoms with Crippen molar-refractivity contribution in [2.24, 2.45) is 0 Å². The molecule has 0 aliphatic heterocycles. The highest BCUT2D eigenvalue weighted by Crippen LogP contribution is 2.11. The van der Waals surface area contributed by atoms with Crippen molar-refractivity contribution in [1.29, 1.82) is 0 Å². The van der Waals surface area contributed by atoms with Gasteiger partial charge in [0.25, 0.3) is 0 Å². The molecule has 0 atom stereocenters. The summed E-state index contributed by atoms with van der Waals surface area (Å²) < 4.78 is 0. The van der Waals surface area contributed by atoms with E-state index in [0.29, 0.717) is 6.04 Å². The average Bonchev–Trinajstić information content (AvgIpc) is 2.18. The van der Waals surface area contributed by atoms with Crippen molar-refractivity contribution >= 4 is 5.69 Å². The van der Waals surface area contributed by atoms with E-state index in [0.717, 1.165) is 13.0 Å². The van der Waals surface area contributed by atoms with Gasteiger partial charge in [0.1, 0.15) is 0 Å². The van der Waals surface area contributed by atoms with Gasteiger partial charge >= 0.3 is 0 Å². The molecule has 0 spiro atoms. The third kappa shape index (κ3) is 3.38. The van der Waals surface area contributed by atoms with Crippen LogP contribution in [-0.4, -0.2) is 12.6 Å². The van der Waals surface area contributed by atoms with Gasteiger partial charge in [0, 0.05) is 12.6 Å². The topological polar surface area (TPSA) is 15.3 Å². The van der Waals surface area contributed by atoms with Crippen LogP contribution in [0.4, 0.5) is 5.69 Å². The van der Waals surface area contributed by atoms with Crippen molar-refractivity contribution in [3.63, 3.8) is 0 Å². The molecule has 0 heterocycles. The average molecular weight is 192 g/mol. The van der Waals surface area contributed by atoms with Gasteiger partial charge in [-0.1, -0.05) is 25.1 Å². The van der Waals surface area contributed by atoms with Gasteiger partial charge in [-0.15, -0.1) is 0 Å². The standard InChI is InChI=1S/C12H20N2/c1-4-10-14(13-11(2)3)12-8-6-5-7-9-12/h5-9,11,13H,4,10H2,1-3H3. The number of para-hydroxylation sites is 1. The quantitative estimate of drug-likeness (QED) is 0.722. The van der Waals surface area contributed by atoms with Crippen molar-refractivity contribution in [2.75, 3.05) is 11.6 Å². The first-order valence-electron chi connectivity index (χ1n) is 5.32. The fourth-order valence-corrected chi connectivity index (χ4v) is 1.41. The molecule has 0 aliphatic carbocycles. The molecule has 0 fully saturated rings. The lowest BCUT2D eigenvalue weighted by molar-refractivity contribution is 0.543. The number of anilines is 1. The van der Waals surface area contributed by atoms with E-state index in [1.165, 1.54) is 5.69 Å². The van der Waals surface area contributed by atoms with Crippen LogP contribution in [-0.2, 0) is 0 Å². The van der Waals surface area contributed by atoms with E-state index in [1.54, 1.807) is 0 Å². The number of rotatable bonds is 5. The molecule has 14 heavy (non-hydrogen) atoms. The Bertz CT molecular complexity index is 244. The fourth-order valence-electron chi connectivity index (χ4n) is 1.41. The van der Waals surface area contributed by atoms with E-state index in [1.807, 2.05) is 6.07 Å². The number of nitrogens with one attached hydrogen (secondary N) is 1. The third-order valence-electron chi connectivity index (χ3n) is 1.93. The molecule has 1 aromatic carbocycles. The Kier molecular flexibility index (Phi) is 4.47. The van der Waals surface area contributed by atoms with Crippen LogP contribution in [0.2, 0.25) is 0 Å². The van der Waals surface area contributed by atoms with E-state index < -0.39 is 0 Å². The summed E-state index contributed by atoms with van der Waals surface area (Å²) in [6.45, 7) is 7.55. The van der Waals surface area contributed by atoms with E-state index >= 15 is 0 Å². The lowest BCUT2D eigenvalue weighted by Crippen LogP contribution is -2.42. The maximum Gasteiger partial charge on any atom is 0.0519 e. The zero-order chi connectivity index (χ0) is 10.4. The van der Waals surface area contributed by atoms with Gasteiger partial charge < -0.3 is 5.01 Å². The summed E-state index contributed by atoms with van der Waals surface area (Å²) in [6.07, 6.45) is 1.15. The number of hydrogen-bond acceptors (Lipinski definition) is 2. The lowest BCUT2D eigenvalue weighted by atomic mass is 10.3. The van der Waals surface area contributed by atoms with Crippen molar-refractivity contribution < 1.29 is 0 Å². The van der Waals surface area contributed by atoms with Crippen LogP contribution in [0.25, 0.3) is 0 Å². The smallest absolute Gasteiger partial charge is 0.0519 e. The fraction of sp³-hybridized carbons (Fsp3) is 0.500. The molecule has 0 aromatic heterocycles. The predicted molar refractivity (Wildman–Crippen MR) is 62.4 cm³/mol. The van der Waals surface area contributed by atoms with Crippen molar-refractivity contribution in [1.82, 2.24) is 5.43 Å². The van der Waals surface area contributed by atoms with E-state index in [2.05, 4.69) is 55.5 Å². The Morgan fingerprint density at radius 3 is 2.36 bits per heavy atom. The molecule has 0 bridgehead atoms. The molecule has 78 valence electrons.